The first kappa shape index (κ1) is 21.5. The van der Waals surface area contributed by atoms with Gasteiger partial charge in [0, 0.05) is 19.8 Å². The number of benzene rings is 2. The van der Waals surface area contributed by atoms with Crippen LogP contribution in [0.4, 0.5) is 5.69 Å². The quantitative estimate of drug-likeness (QED) is 0.810. The summed E-state index contributed by atoms with van der Waals surface area (Å²) in [5.74, 6) is 0.137. The molecule has 0 aliphatic carbocycles. The van der Waals surface area contributed by atoms with Crippen molar-refractivity contribution in [3.05, 3.63) is 59.7 Å². The molecule has 0 spiro atoms. The molecule has 2 aromatic rings. The molecule has 0 saturated heterocycles. The molecule has 0 aliphatic rings. The zero-order chi connectivity index (χ0) is 18.4. The fraction of sp³-hybridized carbons (Fsp3) is 0.263. The van der Waals surface area contributed by atoms with Gasteiger partial charge in [0.15, 0.2) is 6.61 Å². The molecule has 0 aromatic heterocycles. The molecule has 2 rings (SSSR count). The zero-order valence-electron chi connectivity index (χ0n) is 15.1. The number of ether oxygens (including phenoxy) is 1. The van der Waals surface area contributed by atoms with E-state index in [4.69, 9.17) is 10.5 Å². The van der Waals surface area contributed by atoms with Crippen LogP contribution in [0.1, 0.15) is 17.2 Å². The Kier molecular flexibility index (Phi) is 8.09. The third-order valence-corrected chi connectivity index (χ3v) is 3.70. The minimum Gasteiger partial charge on any atom is -0.484 e. The van der Waals surface area contributed by atoms with E-state index < -0.39 is 6.04 Å². The average molecular weight is 378 g/mol. The summed E-state index contributed by atoms with van der Waals surface area (Å²) in [6.45, 7) is 1.95. The van der Waals surface area contributed by atoms with Crippen LogP contribution in [0, 0.1) is 6.92 Å². The Balaban J connectivity index is 0.00000338. The van der Waals surface area contributed by atoms with E-state index >= 15 is 0 Å². The van der Waals surface area contributed by atoms with Crippen molar-refractivity contribution < 1.29 is 14.3 Å². The summed E-state index contributed by atoms with van der Waals surface area (Å²) >= 11 is 0. The van der Waals surface area contributed by atoms with E-state index in [0.717, 1.165) is 11.1 Å². The number of rotatable bonds is 6. The predicted octanol–water partition coefficient (Wildman–Crippen LogP) is 2.52. The third-order valence-electron chi connectivity index (χ3n) is 3.70. The maximum Gasteiger partial charge on any atom is 0.259 e. The minimum absolute atomic E-state index is 0. The first-order chi connectivity index (χ1) is 11.9. The van der Waals surface area contributed by atoms with Crippen molar-refractivity contribution in [2.45, 2.75) is 13.0 Å². The fourth-order valence-corrected chi connectivity index (χ4v) is 2.05. The molecule has 140 valence electrons. The Labute approximate surface area is 159 Å². The summed E-state index contributed by atoms with van der Waals surface area (Å²) in [5.41, 5.74) is 8.47. The van der Waals surface area contributed by atoms with Crippen LogP contribution in [0.3, 0.4) is 0 Å². The molecule has 7 heteroatoms. The summed E-state index contributed by atoms with van der Waals surface area (Å²) in [4.78, 5) is 25.2. The first-order valence-electron chi connectivity index (χ1n) is 7.93. The van der Waals surface area contributed by atoms with Crippen LogP contribution < -0.4 is 15.8 Å². The van der Waals surface area contributed by atoms with Crippen molar-refractivity contribution in [2.24, 2.45) is 5.73 Å². The molecule has 0 heterocycles. The number of halogens is 1. The molecule has 26 heavy (non-hydrogen) atoms. The number of nitrogens with one attached hydrogen (secondary N) is 1. The lowest BCUT2D eigenvalue weighted by atomic mass is 10.1. The van der Waals surface area contributed by atoms with Crippen molar-refractivity contribution in [2.75, 3.05) is 26.0 Å². The molecule has 2 aromatic carbocycles. The average Bonchev–Trinajstić information content (AvgIpc) is 2.60. The van der Waals surface area contributed by atoms with E-state index in [1.807, 2.05) is 31.2 Å². The normalized spacial score (nSPS) is 11.1. The Morgan fingerprint density at radius 3 is 2.19 bits per heavy atom. The standard InChI is InChI=1S/C19H23N3O3.ClH/c1-13-4-6-14(7-5-13)18(20)19(24)21-15-8-10-16(11-9-15)25-12-17(23)22(2)3;/h4-11,18H,12,20H2,1-3H3,(H,21,24);1H. The number of nitrogens with two attached hydrogens (primary N) is 1. The molecule has 6 nitrogen and oxygen atoms in total. The van der Waals surface area contributed by atoms with E-state index in [-0.39, 0.29) is 30.8 Å². The monoisotopic (exact) mass is 377 g/mol. The molecule has 1 atom stereocenters. The maximum absolute atomic E-state index is 12.3. The van der Waals surface area contributed by atoms with Crippen molar-refractivity contribution in [1.82, 2.24) is 4.90 Å². The summed E-state index contributed by atoms with van der Waals surface area (Å²) < 4.78 is 5.39. The number of hydrogen-bond donors (Lipinski definition) is 2. The minimum atomic E-state index is -0.741. The lowest BCUT2D eigenvalue weighted by Crippen LogP contribution is -2.28. The lowest BCUT2D eigenvalue weighted by Gasteiger charge is -2.14. The van der Waals surface area contributed by atoms with E-state index in [1.165, 1.54) is 4.90 Å². The van der Waals surface area contributed by atoms with Gasteiger partial charge in [-0.05, 0) is 36.8 Å². The number of carbonyl (C=O) groups excluding carboxylic acids is 2. The second-order valence-electron chi connectivity index (χ2n) is 5.98. The van der Waals surface area contributed by atoms with Gasteiger partial charge in [0.25, 0.3) is 5.91 Å². The molecule has 3 N–H and O–H groups in total. The van der Waals surface area contributed by atoms with Gasteiger partial charge in [-0.2, -0.15) is 0 Å². The van der Waals surface area contributed by atoms with Crippen LogP contribution in [0.2, 0.25) is 0 Å². The largest absolute Gasteiger partial charge is 0.484 e. The molecule has 1 unspecified atom stereocenters. The van der Waals surface area contributed by atoms with Gasteiger partial charge in [-0.25, -0.2) is 0 Å². The molecule has 0 aliphatic heterocycles. The molecule has 0 bridgehead atoms. The van der Waals surface area contributed by atoms with Crippen LogP contribution in [0.25, 0.3) is 0 Å². The Hall–Kier alpha value is -2.57. The zero-order valence-corrected chi connectivity index (χ0v) is 15.9. The molecular formula is C19H24ClN3O3. The van der Waals surface area contributed by atoms with Gasteiger partial charge in [-0.1, -0.05) is 29.8 Å². The van der Waals surface area contributed by atoms with E-state index in [1.54, 1.807) is 38.4 Å². The highest BCUT2D eigenvalue weighted by Crippen LogP contribution is 2.18. The number of aryl methyl sites for hydroxylation is 1. The van der Waals surface area contributed by atoms with Crippen LogP contribution >= 0.6 is 12.4 Å². The summed E-state index contributed by atoms with van der Waals surface area (Å²) in [6, 6.07) is 13.6. The van der Waals surface area contributed by atoms with Crippen molar-refractivity contribution in [3.8, 4) is 5.75 Å². The third kappa shape index (κ3) is 6.06. The molecule has 2 amide bonds. The molecule has 0 saturated carbocycles. The number of carbonyl (C=O) groups is 2. The van der Waals surface area contributed by atoms with E-state index in [0.29, 0.717) is 11.4 Å². The summed E-state index contributed by atoms with van der Waals surface area (Å²) in [7, 11) is 3.34. The molecular weight excluding hydrogens is 354 g/mol. The highest BCUT2D eigenvalue weighted by Gasteiger charge is 2.15. The van der Waals surface area contributed by atoms with Gasteiger partial charge in [0.05, 0.1) is 0 Å². The van der Waals surface area contributed by atoms with Gasteiger partial charge >= 0.3 is 0 Å². The fourth-order valence-electron chi connectivity index (χ4n) is 2.05. The van der Waals surface area contributed by atoms with E-state index in [2.05, 4.69) is 5.32 Å². The van der Waals surface area contributed by atoms with Crippen molar-refractivity contribution >= 4 is 29.9 Å². The molecule has 0 radical (unpaired) electrons. The topological polar surface area (TPSA) is 84.7 Å². The second kappa shape index (κ2) is 9.79. The number of anilines is 1. The van der Waals surface area contributed by atoms with Crippen LogP contribution in [-0.2, 0) is 9.59 Å². The number of nitrogens with zero attached hydrogens (tertiary/aromatic N) is 1. The van der Waals surface area contributed by atoms with Crippen molar-refractivity contribution in [3.63, 3.8) is 0 Å². The van der Waals surface area contributed by atoms with Gasteiger partial charge in [-0.15, -0.1) is 12.4 Å². The lowest BCUT2D eigenvalue weighted by molar-refractivity contribution is -0.130. The SMILES string of the molecule is Cc1ccc(C(N)C(=O)Nc2ccc(OCC(=O)N(C)C)cc2)cc1.Cl. The number of hydrogen-bond acceptors (Lipinski definition) is 4. The summed E-state index contributed by atoms with van der Waals surface area (Å²) in [5, 5.41) is 2.77. The number of amides is 2. The predicted molar refractivity (Wildman–Crippen MR) is 105 cm³/mol. The highest BCUT2D eigenvalue weighted by molar-refractivity contribution is 5.95. The van der Waals surface area contributed by atoms with Crippen LogP contribution in [-0.4, -0.2) is 37.4 Å². The summed E-state index contributed by atoms with van der Waals surface area (Å²) in [6.07, 6.45) is 0. The second-order valence-corrected chi connectivity index (χ2v) is 5.98. The van der Waals surface area contributed by atoms with Crippen molar-refractivity contribution in [1.29, 1.82) is 0 Å². The van der Waals surface area contributed by atoms with Crippen LogP contribution in [0.15, 0.2) is 48.5 Å². The van der Waals surface area contributed by atoms with E-state index in [9.17, 15) is 9.59 Å². The number of likely N-dealkylation sites (N-methyl/N-ethyl adjacent to an activating group) is 1. The van der Waals surface area contributed by atoms with Gasteiger partial charge in [0.1, 0.15) is 11.8 Å². The highest BCUT2D eigenvalue weighted by atomic mass is 35.5. The Morgan fingerprint density at radius 1 is 1.08 bits per heavy atom. The van der Waals surface area contributed by atoms with Crippen LogP contribution in [0.5, 0.6) is 5.75 Å². The Bertz CT molecular complexity index is 731. The van der Waals surface area contributed by atoms with Gasteiger partial charge < -0.3 is 20.7 Å². The Morgan fingerprint density at radius 2 is 1.65 bits per heavy atom. The smallest absolute Gasteiger partial charge is 0.259 e. The van der Waals surface area contributed by atoms with Gasteiger partial charge in [-0.3, -0.25) is 9.59 Å². The first-order valence-corrected chi connectivity index (χ1v) is 7.93. The molecule has 0 fully saturated rings. The van der Waals surface area contributed by atoms with Gasteiger partial charge in [0.2, 0.25) is 5.91 Å². The maximum atomic E-state index is 12.3.